The van der Waals surface area contributed by atoms with E-state index in [4.69, 9.17) is 4.42 Å². The molecule has 3 heteroatoms. The van der Waals surface area contributed by atoms with Gasteiger partial charge in [-0.2, -0.15) is 0 Å². The fourth-order valence-corrected chi connectivity index (χ4v) is 4.49. The minimum atomic E-state index is 0.293. The van der Waals surface area contributed by atoms with Gasteiger partial charge in [-0.1, -0.05) is 49.6 Å². The molecule has 2 fully saturated rings. The highest BCUT2D eigenvalue weighted by Crippen LogP contribution is 2.36. The molecule has 1 aromatic carbocycles. The van der Waals surface area contributed by atoms with E-state index in [1.54, 1.807) is 0 Å². The van der Waals surface area contributed by atoms with E-state index in [0.29, 0.717) is 18.7 Å². The minimum absolute atomic E-state index is 0.293. The van der Waals surface area contributed by atoms with Crippen LogP contribution in [0.3, 0.4) is 0 Å². The molecule has 2 aromatic rings. The number of hydrogen-bond donors (Lipinski definition) is 0. The van der Waals surface area contributed by atoms with E-state index >= 15 is 0 Å². The number of nitrogens with zero attached hydrogens (tertiary/aromatic N) is 1. The molecule has 1 aliphatic carbocycles. The maximum atomic E-state index is 12.6. The number of carbonyl (C=O) groups excluding carboxylic acids is 1. The van der Waals surface area contributed by atoms with Gasteiger partial charge in [-0.15, -0.1) is 0 Å². The topological polar surface area (TPSA) is 33.5 Å². The summed E-state index contributed by atoms with van der Waals surface area (Å²) in [7, 11) is 0. The van der Waals surface area contributed by atoms with E-state index in [-0.39, 0.29) is 0 Å². The summed E-state index contributed by atoms with van der Waals surface area (Å²) in [4.78, 5) is 14.7. The lowest BCUT2D eigenvalue weighted by Gasteiger charge is -2.41. The molecule has 4 rings (SSSR count). The molecular weight excluding hydrogens is 310 g/mol. The highest BCUT2D eigenvalue weighted by Gasteiger charge is 2.32. The van der Waals surface area contributed by atoms with Crippen LogP contribution in [-0.4, -0.2) is 23.9 Å². The molecular formula is C22H27NO2. The van der Waals surface area contributed by atoms with Crippen molar-refractivity contribution < 1.29 is 9.21 Å². The second-order valence-electron chi connectivity index (χ2n) is 7.57. The molecule has 132 valence electrons. The van der Waals surface area contributed by atoms with Crippen molar-refractivity contribution in [3.05, 3.63) is 48.2 Å². The number of aryl methyl sites for hydroxylation is 1. The van der Waals surface area contributed by atoms with Crippen LogP contribution in [0.1, 0.15) is 44.3 Å². The van der Waals surface area contributed by atoms with Crippen LogP contribution in [0.25, 0.3) is 11.3 Å². The summed E-state index contributed by atoms with van der Waals surface area (Å²) in [5.41, 5.74) is 1.08. The molecule has 25 heavy (non-hydrogen) atoms. The first-order chi connectivity index (χ1) is 12.3. The maximum Gasteiger partial charge on any atom is 0.223 e. The third-order valence-corrected chi connectivity index (χ3v) is 5.95. The van der Waals surface area contributed by atoms with Crippen LogP contribution in [-0.2, 0) is 11.2 Å². The molecule has 0 spiro atoms. The van der Waals surface area contributed by atoms with E-state index in [0.717, 1.165) is 42.0 Å². The standard InChI is InChI=1S/C22H27NO2/c24-22(23-15-14-17-6-4-5-9-19(17)16-23)13-11-20-10-12-21(25-20)18-7-2-1-3-8-18/h1-3,7-8,10,12,17,19H,4-6,9,11,13-16H2/t17-,19+/m1/s1. The number of hydrogen-bond acceptors (Lipinski definition) is 2. The van der Waals surface area contributed by atoms with Crippen molar-refractivity contribution in [1.82, 2.24) is 4.90 Å². The molecule has 0 N–H and O–H groups in total. The van der Waals surface area contributed by atoms with Gasteiger partial charge >= 0.3 is 0 Å². The minimum Gasteiger partial charge on any atom is -0.461 e. The zero-order valence-electron chi connectivity index (χ0n) is 14.8. The Morgan fingerprint density at radius 2 is 1.80 bits per heavy atom. The maximum absolute atomic E-state index is 12.6. The second kappa shape index (κ2) is 7.47. The summed E-state index contributed by atoms with van der Waals surface area (Å²) < 4.78 is 5.92. The van der Waals surface area contributed by atoms with Crippen LogP contribution >= 0.6 is 0 Å². The summed E-state index contributed by atoms with van der Waals surface area (Å²) >= 11 is 0. The number of amides is 1. The first-order valence-electron chi connectivity index (χ1n) is 9.71. The third kappa shape index (κ3) is 3.81. The van der Waals surface area contributed by atoms with Gasteiger partial charge in [0.05, 0.1) is 0 Å². The Morgan fingerprint density at radius 3 is 2.64 bits per heavy atom. The van der Waals surface area contributed by atoms with Gasteiger partial charge in [0.25, 0.3) is 0 Å². The lowest BCUT2D eigenvalue weighted by atomic mass is 9.75. The molecule has 3 nitrogen and oxygen atoms in total. The van der Waals surface area contributed by atoms with E-state index in [2.05, 4.69) is 4.90 Å². The SMILES string of the molecule is O=C(CCc1ccc(-c2ccccc2)o1)N1CC[C@H]2CCCC[C@H]2C1. The third-order valence-electron chi connectivity index (χ3n) is 5.95. The molecule has 1 aliphatic heterocycles. The van der Waals surface area contributed by atoms with Crippen molar-refractivity contribution in [3.8, 4) is 11.3 Å². The lowest BCUT2D eigenvalue weighted by Crippen LogP contribution is -2.44. The predicted molar refractivity (Wildman–Crippen MR) is 99.1 cm³/mol. The normalized spacial score (nSPS) is 23.3. The number of piperidine rings is 1. The Balaban J connectivity index is 1.31. The molecule has 0 radical (unpaired) electrons. The van der Waals surface area contributed by atoms with Crippen LogP contribution in [0, 0.1) is 11.8 Å². The lowest BCUT2D eigenvalue weighted by molar-refractivity contribution is -0.134. The highest BCUT2D eigenvalue weighted by atomic mass is 16.3. The molecule has 0 bridgehead atoms. The van der Waals surface area contributed by atoms with E-state index in [9.17, 15) is 4.79 Å². The number of carbonyl (C=O) groups is 1. The predicted octanol–water partition coefficient (Wildman–Crippen LogP) is 4.92. The summed E-state index contributed by atoms with van der Waals surface area (Å²) in [6, 6.07) is 14.1. The Hall–Kier alpha value is -2.03. The molecule has 1 saturated heterocycles. The van der Waals surface area contributed by atoms with Gasteiger partial charge in [-0.25, -0.2) is 0 Å². The Morgan fingerprint density at radius 1 is 1.00 bits per heavy atom. The van der Waals surface area contributed by atoms with Crippen molar-refractivity contribution in [2.75, 3.05) is 13.1 Å². The Kier molecular flexibility index (Phi) is 4.91. The van der Waals surface area contributed by atoms with Crippen LogP contribution in [0.2, 0.25) is 0 Å². The number of fused-ring (bicyclic) bond motifs is 1. The van der Waals surface area contributed by atoms with Crippen molar-refractivity contribution >= 4 is 5.91 Å². The summed E-state index contributed by atoms with van der Waals surface area (Å²) in [5.74, 6) is 3.70. The van der Waals surface area contributed by atoms with Gasteiger partial charge in [0.15, 0.2) is 0 Å². The van der Waals surface area contributed by atoms with Crippen LogP contribution in [0.15, 0.2) is 46.9 Å². The monoisotopic (exact) mass is 337 g/mol. The molecule has 1 aromatic heterocycles. The molecule has 2 atom stereocenters. The van der Waals surface area contributed by atoms with Gasteiger partial charge in [0, 0.05) is 31.5 Å². The van der Waals surface area contributed by atoms with Gasteiger partial charge in [-0.3, -0.25) is 4.79 Å². The fourth-order valence-electron chi connectivity index (χ4n) is 4.49. The van der Waals surface area contributed by atoms with Crippen LogP contribution in [0.4, 0.5) is 0 Å². The number of furan rings is 1. The largest absolute Gasteiger partial charge is 0.461 e. The molecule has 2 aliphatic rings. The molecule has 1 amide bonds. The summed E-state index contributed by atoms with van der Waals surface area (Å²) in [5, 5.41) is 0. The smallest absolute Gasteiger partial charge is 0.223 e. The quantitative estimate of drug-likeness (QED) is 0.793. The zero-order chi connectivity index (χ0) is 17.1. The van der Waals surface area contributed by atoms with Crippen LogP contribution in [0.5, 0.6) is 0 Å². The molecule has 1 saturated carbocycles. The van der Waals surface area contributed by atoms with Crippen molar-refractivity contribution in [2.45, 2.75) is 44.9 Å². The number of rotatable bonds is 4. The average Bonchev–Trinajstić information content (AvgIpc) is 3.15. The first kappa shape index (κ1) is 16.4. The summed E-state index contributed by atoms with van der Waals surface area (Å²) in [6.07, 6.45) is 7.87. The van der Waals surface area contributed by atoms with Crippen molar-refractivity contribution in [3.63, 3.8) is 0 Å². The Bertz CT molecular complexity index is 706. The fraction of sp³-hybridized carbons (Fsp3) is 0.500. The summed E-state index contributed by atoms with van der Waals surface area (Å²) in [6.45, 7) is 1.93. The first-order valence-corrected chi connectivity index (χ1v) is 9.71. The highest BCUT2D eigenvalue weighted by molar-refractivity contribution is 5.76. The second-order valence-corrected chi connectivity index (χ2v) is 7.57. The van der Waals surface area contributed by atoms with Gasteiger partial charge in [0.2, 0.25) is 5.91 Å². The van der Waals surface area contributed by atoms with Crippen LogP contribution < -0.4 is 0 Å². The number of benzene rings is 1. The van der Waals surface area contributed by atoms with Crippen molar-refractivity contribution in [1.29, 1.82) is 0 Å². The number of likely N-dealkylation sites (tertiary alicyclic amines) is 1. The van der Waals surface area contributed by atoms with Gasteiger partial charge < -0.3 is 9.32 Å². The molecule has 0 unspecified atom stereocenters. The van der Waals surface area contributed by atoms with Gasteiger partial charge in [-0.05, 0) is 36.8 Å². The van der Waals surface area contributed by atoms with E-state index < -0.39 is 0 Å². The zero-order valence-corrected chi connectivity index (χ0v) is 14.8. The average molecular weight is 337 g/mol. The molecule has 2 heterocycles. The van der Waals surface area contributed by atoms with E-state index in [1.165, 1.54) is 32.1 Å². The van der Waals surface area contributed by atoms with Gasteiger partial charge in [0.1, 0.15) is 11.5 Å². The Labute approximate surface area is 150 Å². The van der Waals surface area contributed by atoms with E-state index in [1.807, 2.05) is 42.5 Å². The van der Waals surface area contributed by atoms with Crippen molar-refractivity contribution in [2.24, 2.45) is 11.8 Å².